The van der Waals surface area contributed by atoms with Crippen LogP contribution in [0.3, 0.4) is 0 Å². The number of rotatable bonds is 4. The van der Waals surface area contributed by atoms with Crippen molar-refractivity contribution in [3.8, 4) is 6.07 Å². The normalized spacial score (nSPS) is 19.0. The molecule has 1 fully saturated rings. The Bertz CT molecular complexity index is 871. The fourth-order valence-electron chi connectivity index (χ4n) is 3.41. The maximum atomic E-state index is 8.82. The first-order chi connectivity index (χ1) is 11.3. The summed E-state index contributed by atoms with van der Waals surface area (Å²) < 4.78 is 2.16. The van der Waals surface area contributed by atoms with Gasteiger partial charge in [0.15, 0.2) is 0 Å². The van der Waals surface area contributed by atoms with Gasteiger partial charge in [0.25, 0.3) is 0 Å². The Balaban J connectivity index is 1.76. The Morgan fingerprint density at radius 1 is 1.43 bits per heavy atom. The third-order valence-corrected chi connectivity index (χ3v) is 4.60. The monoisotopic (exact) mass is 309 g/mol. The Morgan fingerprint density at radius 3 is 3.17 bits per heavy atom. The van der Waals surface area contributed by atoms with Crippen LogP contribution in [-0.4, -0.2) is 50.3 Å². The molecular weight excluding hydrogens is 290 g/mol. The van der Waals surface area contributed by atoms with Crippen LogP contribution >= 0.6 is 0 Å². The lowest BCUT2D eigenvalue weighted by Crippen LogP contribution is -2.39. The van der Waals surface area contributed by atoms with Crippen LogP contribution < -0.4 is 5.01 Å². The third kappa shape index (κ3) is 2.23. The van der Waals surface area contributed by atoms with Crippen molar-refractivity contribution in [2.75, 3.05) is 24.8 Å². The molecule has 1 atom stereocenters. The number of aromatic nitrogens is 4. The minimum Gasteiger partial charge on any atom is -0.346 e. The summed E-state index contributed by atoms with van der Waals surface area (Å²) in [4.78, 5) is 14.4. The van der Waals surface area contributed by atoms with Crippen molar-refractivity contribution >= 4 is 22.1 Å². The lowest BCUT2D eigenvalue weighted by molar-refractivity contribution is 0.337. The molecule has 4 heterocycles. The lowest BCUT2D eigenvalue weighted by Gasteiger charge is -2.26. The van der Waals surface area contributed by atoms with Gasteiger partial charge in [0, 0.05) is 31.1 Å². The molecule has 7 nitrogen and oxygen atoms in total. The van der Waals surface area contributed by atoms with E-state index in [9.17, 15) is 0 Å². The van der Waals surface area contributed by atoms with E-state index in [4.69, 9.17) is 5.26 Å². The molecule has 1 aliphatic heterocycles. The van der Waals surface area contributed by atoms with Crippen molar-refractivity contribution in [2.45, 2.75) is 25.8 Å². The number of pyridine rings is 1. The van der Waals surface area contributed by atoms with Crippen LogP contribution in [0.1, 0.15) is 19.8 Å². The van der Waals surface area contributed by atoms with Gasteiger partial charge in [0.05, 0.1) is 25.0 Å². The van der Waals surface area contributed by atoms with Crippen LogP contribution in [0.5, 0.6) is 0 Å². The topological polar surface area (TPSA) is 76.8 Å². The first-order valence-electron chi connectivity index (χ1n) is 7.97. The van der Waals surface area contributed by atoms with Crippen molar-refractivity contribution in [1.82, 2.24) is 24.5 Å². The van der Waals surface area contributed by atoms with E-state index in [1.165, 1.54) is 0 Å². The summed E-state index contributed by atoms with van der Waals surface area (Å²) in [5.41, 5.74) is 2.88. The van der Waals surface area contributed by atoms with Gasteiger partial charge < -0.3 is 4.98 Å². The smallest absolute Gasteiger partial charge is 0.139 e. The molecule has 1 saturated heterocycles. The van der Waals surface area contributed by atoms with Crippen molar-refractivity contribution in [3.63, 3.8) is 0 Å². The quantitative estimate of drug-likeness (QED) is 0.795. The number of aromatic amines is 1. The molecule has 0 saturated carbocycles. The van der Waals surface area contributed by atoms with Gasteiger partial charge in [-0.25, -0.2) is 14.6 Å². The number of H-pyrrole nitrogens is 1. The zero-order valence-corrected chi connectivity index (χ0v) is 13.1. The van der Waals surface area contributed by atoms with Crippen molar-refractivity contribution in [2.24, 2.45) is 0 Å². The minimum atomic E-state index is 0.424. The van der Waals surface area contributed by atoms with E-state index in [1.54, 1.807) is 0 Å². The van der Waals surface area contributed by atoms with Gasteiger partial charge >= 0.3 is 0 Å². The summed E-state index contributed by atoms with van der Waals surface area (Å²) in [6, 6.07) is 4.71. The van der Waals surface area contributed by atoms with E-state index >= 15 is 0 Å². The first-order valence-corrected chi connectivity index (χ1v) is 7.97. The number of imidazole rings is 1. The molecule has 7 heteroatoms. The van der Waals surface area contributed by atoms with Gasteiger partial charge in [0.2, 0.25) is 0 Å². The largest absolute Gasteiger partial charge is 0.346 e. The van der Waals surface area contributed by atoms with E-state index in [0.29, 0.717) is 12.5 Å². The predicted octanol–water partition coefficient (Wildman–Crippen LogP) is 1.82. The average molecular weight is 309 g/mol. The Morgan fingerprint density at radius 2 is 2.35 bits per heavy atom. The second-order valence-corrected chi connectivity index (χ2v) is 5.95. The number of hydrogen-bond donors (Lipinski definition) is 1. The second-order valence-electron chi connectivity index (χ2n) is 5.95. The molecule has 0 radical (unpaired) electrons. The summed E-state index contributed by atoms with van der Waals surface area (Å²) in [5, 5.41) is 12.3. The first kappa shape index (κ1) is 14.0. The number of fused-ring (bicyclic) bond motifs is 3. The van der Waals surface area contributed by atoms with Crippen molar-refractivity contribution < 1.29 is 0 Å². The Labute approximate surface area is 134 Å². The number of hydrogen-bond acceptors (Lipinski definition) is 5. The van der Waals surface area contributed by atoms with Gasteiger partial charge in [-0.3, -0.25) is 9.91 Å². The van der Waals surface area contributed by atoms with Gasteiger partial charge in [0.1, 0.15) is 23.0 Å². The molecule has 0 bridgehead atoms. The number of nitrogens with one attached hydrogen (secondary N) is 1. The fraction of sp³-hybridized carbons (Fsp3) is 0.438. The highest BCUT2D eigenvalue weighted by Crippen LogP contribution is 2.25. The van der Waals surface area contributed by atoms with E-state index < -0.39 is 0 Å². The van der Waals surface area contributed by atoms with Crippen LogP contribution in [0.2, 0.25) is 0 Å². The molecule has 0 aromatic carbocycles. The highest BCUT2D eigenvalue weighted by Gasteiger charge is 2.30. The summed E-state index contributed by atoms with van der Waals surface area (Å²) in [7, 11) is 0. The maximum absolute atomic E-state index is 8.82. The van der Waals surface area contributed by atoms with Crippen molar-refractivity contribution in [3.05, 3.63) is 24.8 Å². The summed E-state index contributed by atoms with van der Waals surface area (Å²) >= 11 is 0. The summed E-state index contributed by atoms with van der Waals surface area (Å²) in [6.07, 6.45) is 7.24. The molecule has 1 N–H and O–H groups in total. The van der Waals surface area contributed by atoms with E-state index in [1.807, 2.05) is 24.8 Å². The summed E-state index contributed by atoms with van der Waals surface area (Å²) in [5.74, 6) is 0. The third-order valence-electron chi connectivity index (χ3n) is 4.60. The average Bonchev–Trinajstić information content (AvgIpc) is 3.28. The SMILES string of the molecule is CCC1CN(CCC#N)CN1n1cnc2cnc3[nH]ccc3c21. The zero-order chi connectivity index (χ0) is 15.8. The fourth-order valence-corrected chi connectivity index (χ4v) is 3.41. The number of nitriles is 1. The molecule has 1 aliphatic rings. The summed E-state index contributed by atoms with van der Waals surface area (Å²) in [6.45, 7) is 4.83. The van der Waals surface area contributed by atoms with Crippen molar-refractivity contribution in [1.29, 1.82) is 5.26 Å². The molecule has 118 valence electrons. The van der Waals surface area contributed by atoms with E-state index in [0.717, 1.165) is 48.2 Å². The predicted molar refractivity (Wildman–Crippen MR) is 88.4 cm³/mol. The molecule has 3 aromatic heterocycles. The lowest BCUT2D eigenvalue weighted by atomic mass is 10.2. The molecular formula is C16H19N7. The molecule has 0 amide bonds. The van der Waals surface area contributed by atoms with Gasteiger partial charge in [-0.05, 0) is 12.5 Å². The van der Waals surface area contributed by atoms with Crippen LogP contribution in [-0.2, 0) is 0 Å². The van der Waals surface area contributed by atoms with Gasteiger partial charge in [-0.1, -0.05) is 6.92 Å². The van der Waals surface area contributed by atoms with Gasteiger partial charge in [-0.2, -0.15) is 5.26 Å². The van der Waals surface area contributed by atoms with Crippen LogP contribution in [0.15, 0.2) is 24.8 Å². The van der Waals surface area contributed by atoms with Crippen LogP contribution in [0.25, 0.3) is 22.1 Å². The van der Waals surface area contributed by atoms with E-state index in [-0.39, 0.29) is 0 Å². The van der Waals surface area contributed by atoms with Crippen LogP contribution in [0, 0.1) is 11.3 Å². The highest BCUT2D eigenvalue weighted by molar-refractivity contribution is 6.01. The minimum absolute atomic E-state index is 0.424. The Kier molecular flexibility index (Phi) is 3.39. The molecule has 0 spiro atoms. The molecule has 4 rings (SSSR count). The van der Waals surface area contributed by atoms with Gasteiger partial charge in [-0.15, -0.1) is 0 Å². The van der Waals surface area contributed by atoms with E-state index in [2.05, 4.69) is 42.5 Å². The van der Waals surface area contributed by atoms with Crippen LogP contribution in [0.4, 0.5) is 0 Å². The molecule has 1 unspecified atom stereocenters. The number of nitrogens with zero attached hydrogens (tertiary/aromatic N) is 6. The molecule has 3 aromatic rings. The molecule has 0 aliphatic carbocycles. The zero-order valence-electron chi connectivity index (χ0n) is 13.1. The standard InChI is InChI=1S/C16H19N7/c1-2-12-9-21(7-3-5-17)11-23(12)22-10-20-14-8-19-16-13(15(14)22)4-6-18-16/h4,6,8,10,12H,2-3,7,9,11H2,1H3,(H,18,19). The second kappa shape index (κ2) is 5.56. The Hall–Kier alpha value is -2.59. The maximum Gasteiger partial charge on any atom is 0.139 e. The molecule has 23 heavy (non-hydrogen) atoms. The highest BCUT2D eigenvalue weighted by atomic mass is 15.6.